The van der Waals surface area contributed by atoms with E-state index < -0.39 is 24.3 Å². The second-order valence-corrected chi connectivity index (χ2v) is 7.34. The number of carbonyl (C=O) groups excluding carboxylic acids is 2. The molecule has 1 aliphatic rings. The van der Waals surface area contributed by atoms with Crippen molar-refractivity contribution in [3.63, 3.8) is 0 Å². The summed E-state index contributed by atoms with van der Waals surface area (Å²) in [6, 6.07) is 16.3. The van der Waals surface area contributed by atoms with Gasteiger partial charge in [-0.25, -0.2) is 5.01 Å². The fourth-order valence-corrected chi connectivity index (χ4v) is 3.76. The topological polar surface area (TPSA) is 106 Å². The van der Waals surface area contributed by atoms with Crippen LogP contribution in [0.1, 0.15) is 42.0 Å². The van der Waals surface area contributed by atoms with E-state index in [1.165, 1.54) is 5.01 Å². The number of H-pyrrole nitrogens is 1. The summed E-state index contributed by atoms with van der Waals surface area (Å²) in [7, 11) is 0. The lowest BCUT2D eigenvalue weighted by atomic mass is 9.97. The average Bonchev–Trinajstić information content (AvgIpc) is 3.18. The van der Waals surface area contributed by atoms with Crippen molar-refractivity contribution in [2.24, 2.45) is 5.10 Å². The lowest BCUT2D eigenvalue weighted by molar-refractivity contribution is -0.305. The fraction of sp³-hybridized carbons (Fsp3) is 0.217. The summed E-state index contributed by atoms with van der Waals surface area (Å²) >= 11 is 0. The lowest BCUT2D eigenvalue weighted by Gasteiger charge is -2.22. The van der Waals surface area contributed by atoms with E-state index in [0.717, 1.165) is 22.0 Å². The third-order valence-electron chi connectivity index (χ3n) is 5.29. The zero-order valence-electron chi connectivity index (χ0n) is 16.4. The predicted octanol–water partition coefficient (Wildman–Crippen LogP) is 2.04. The zero-order chi connectivity index (χ0) is 21.3. The second-order valence-electron chi connectivity index (χ2n) is 7.34. The van der Waals surface area contributed by atoms with Crippen molar-refractivity contribution < 1.29 is 14.7 Å². The lowest BCUT2D eigenvalue weighted by Crippen LogP contribution is -2.32. The molecule has 7 heteroatoms. The van der Waals surface area contributed by atoms with E-state index in [4.69, 9.17) is 0 Å². The number of rotatable bonds is 5. The minimum Gasteiger partial charge on any atom is -0.550 e. The van der Waals surface area contributed by atoms with Gasteiger partial charge in [-0.15, -0.1) is 0 Å². The van der Waals surface area contributed by atoms with Crippen molar-refractivity contribution >= 4 is 28.5 Å². The Morgan fingerprint density at radius 3 is 2.63 bits per heavy atom. The first kappa shape index (κ1) is 19.6. The molecule has 1 aliphatic heterocycles. The zero-order valence-corrected chi connectivity index (χ0v) is 16.4. The molecule has 30 heavy (non-hydrogen) atoms. The van der Waals surface area contributed by atoms with E-state index in [9.17, 15) is 19.5 Å². The Kier molecular flexibility index (Phi) is 5.18. The average molecular weight is 402 g/mol. The van der Waals surface area contributed by atoms with Gasteiger partial charge in [0.15, 0.2) is 0 Å². The number of amides is 1. The molecule has 4 rings (SSSR count). The highest BCUT2D eigenvalue weighted by Gasteiger charge is 2.34. The molecular weight excluding hydrogens is 382 g/mol. The number of pyridine rings is 1. The standard InChI is InChI=1S/C23H21N3O4/c1-14-6-5-9-16-12-17(23(30)24-22(14)16)19-13-18(15-7-3-2-4-8-15)25-26(19)20(27)10-11-21(28)29/h2-9,12,19H,10-11,13H2,1H3,(H,24,30)(H,28,29)/p-1/t19-/m1/s1. The van der Waals surface area contributed by atoms with Crippen LogP contribution in [0, 0.1) is 6.92 Å². The van der Waals surface area contributed by atoms with Crippen LogP contribution in [0.15, 0.2) is 64.5 Å². The fourth-order valence-electron chi connectivity index (χ4n) is 3.76. The van der Waals surface area contributed by atoms with Crippen molar-refractivity contribution in [2.75, 3.05) is 0 Å². The molecule has 0 spiro atoms. The largest absolute Gasteiger partial charge is 0.550 e. The summed E-state index contributed by atoms with van der Waals surface area (Å²) < 4.78 is 0. The summed E-state index contributed by atoms with van der Waals surface area (Å²) in [4.78, 5) is 39.4. The number of carboxylic acids is 1. The molecule has 1 amide bonds. The van der Waals surface area contributed by atoms with E-state index in [1.807, 2.05) is 55.5 Å². The van der Waals surface area contributed by atoms with E-state index >= 15 is 0 Å². The third-order valence-corrected chi connectivity index (χ3v) is 5.29. The van der Waals surface area contributed by atoms with Crippen LogP contribution in [0.4, 0.5) is 0 Å². The molecule has 1 aromatic heterocycles. The molecule has 0 saturated carbocycles. The van der Waals surface area contributed by atoms with Gasteiger partial charge >= 0.3 is 0 Å². The highest BCUT2D eigenvalue weighted by atomic mass is 16.4. The van der Waals surface area contributed by atoms with Gasteiger partial charge in [-0.2, -0.15) is 5.10 Å². The number of aliphatic carboxylic acids is 1. The van der Waals surface area contributed by atoms with Crippen molar-refractivity contribution in [2.45, 2.75) is 32.2 Å². The van der Waals surface area contributed by atoms with Crippen molar-refractivity contribution in [3.8, 4) is 0 Å². The summed E-state index contributed by atoms with van der Waals surface area (Å²) in [5, 5.41) is 17.4. The van der Waals surface area contributed by atoms with Gasteiger partial charge in [0.2, 0.25) is 5.91 Å². The van der Waals surface area contributed by atoms with E-state index in [1.54, 1.807) is 6.07 Å². The van der Waals surface area contributed by atoms with Gasteiger partial charge in [0.05, 0.1) is 17.3 Å². The molecule has 1 atom stereocenters. The van der Waals surface area contributed by atoms with Gasteiger partial charge in [0.25, 0.3) is 5.56 Å². The number of aryl methyl sites for hydroxylation is 1. The number of hydrogen-bond acceptors (Lipinski definition) is 5. The number of aromatic amines is 1. The minimum absolute atomic E-state index is 0.241. The molecule has 3 aromatic rings. The summed E-state index contributed by atoms with van der Waals surface area (Å²) in [5.41, 5.74) is 3.36. The maximum atomic E-state index is 12.9. The van der Waals surface area contributed by atoms with Crippen LogP contribution in [0.3, 0.4) is 0 Å². The van der Waals surface area contributed by atoms with E-state index in [0.29, 0.717) is 17.7 Å². The molecule has 0 fully saturated rings. The van der Waals surface area contributed by atoms with Crippen LogP contribution in [0.5, 0.6) is 0 Å². The number of hydrogen-bond donors (Lipinski definition) is 1. The van der Waals surface area contributed by atoms with Gasteiger partial charge in [-0.05, 0) is 35.9 Å². The highest BCUT2D eigenvalue weighted by Crippen LogP contribution is 2.33. The van der Waals surface area contributed by atoms with Gasteiger partial charge in [-0.3, -0.25) is 9.59 Å². The van der Waals surface area contributed by atoms with Crippen LogP contribution in [-0.2, 0) is 9.59 Å². The normalized spacial score (nSPS) is 16.0. The predicted molar refractivity (Wildman–Crippen MR) is 111 cm³/mol. The molecular formula is C23H20N3O4-. The Bertz CT molecular complexity index is 1210. The smallest absolute Gasteiger partial charge is 0.253 e. The summed E-state index contributed by atoms with van der Waals surface area (Å²) in [6.07, 6.45) is -0.276. The molecule has 2 aromatic carbocycles. The van der Waals surface area contributed by atoms with Gasteiger partial charge in [0, 0.05) is 24.4 Å². The molecule has 7 nitrogen and oxygen atoms in total. The number of benzene rings is 2. The Morgan fingerprint density at radius 1 is 1.13 bits per heavy atom. The maximum absolute atomic E-state index is 12.9. The van der Waals surface area contributed by atoms with Gasteiger partial charge < -0.3 is 14.9 Å². The molecule has 0 radical (unpaired) electrons. The summed E-state index contributed by atoms with van der Waals surface area (Å²) in [6.45, 7) is 1.92. The van der Waals surface area contributed by atoms with E-state index in [-0.39, 0.29) is 12.0 Å². The van der Waals surface area contributed by atoms with Gasteiger partial charge in [0.1, 0.15) is 0 Å². The number of fused-ring (bicyclic) bond motifs is 1. The number of nitrogens with zero attached hydrogens (tertiary/aromatic N) is 2. The van der Waals surface area contributed by atoms with Gasteiger partial charge in [-0.1, -0.05) is 48.5 Å². The first-order valence-corrected chi connectivity index (χ1v) is 9.71. The highest BCUT2D eigenvalue weighted by molar-refractivity contribution is 6.03. The number of para-hydroxylation sites is 1. The van der Waals surface area contributed by atoms with Crippen molar-refractivity contribution in [1.82, 2.24) is 9.99 Å². The molecule has 0 bridgehead atoms. The molecule has 0 saturated heterocycles. The van der Waals surface area contributed by atoms with Crippen LogP contribution in [-0.4, -0.2) is 27.6 Å². The summed E-state index contributed by atoms with van der Waals surface area (Å²) in [5.74, 6) is -1.76. The minimum atomic E-state index is -1.30. The van der Waals surface area contributed by atoms with Crippen molar-refractivity contribution in [1.29, 1.82) is 0 Å². The van der Waals surface area contributed by atoms with Crippen LogP contribution in [0.2, 0.25) is 0 Å². The van der Waals surface area contributed by atoms with Crippen LogP contribution < -0.4 is 10.7 Å². The Labute approximate surface area is 172 Å². The van der Waals surface area contributed by atoms with E-state index in [2.05, 4.69) is 10.1 Å². The Hall–Kier alpha value is -3.74. The molecule has 152 valence electrons. The molecule has 1 N–H and O–H groups in total. The number of aromatic nitrogens is 1. The van der Waals surface area contributed by atoms with Crippen LogP contribution in [0.25, 0.3) is 10.9 Å². The Morgan fingerprint density at radius 2 is 1.90 bits per heavy atom. The van der Waals surface area contributed by atoms with Crippen molar-refractivity contribution in [3.05, 3.63) is 81.6 Å². The van der Waals surface area contributed by atoms with Crippen LogP contribution >= 0.6 is 0 Å². The number of carbonyl (C=O) groups is 2. The molecule has 0 unspecified atom stereocenters. The first-order chi connectivity index (χ1) is 14.4. The Balaban J connectivity index is 1.76. The number of hydrazone groups is 1. The maximum Gasteiger partial charge on any atom is 0.253 e. The number of carboxylic acid groups (broad SMARTS) is 1. The monoisotopic (exact) mass is 402 g/mol. The SMILES string of the molecule is Cc1cccc2cc([C@H]3CC(c4ccccc4)=NN3C(=O)CCC(=O)[O-])c(=O)[nH]c12. The second kappa shape index (κ2) is 7.94. The first-order valence-electron chi connectivity index (χ1n) is 9.71. The quantitative estimate of drug-likeness (QED) is 0.705. The molecule has 0 aliphatic carbocycles. The molecule has 2 heterocycles. The number of nitrogens with one attached hydrogen (secondary N) is 1. The third kappa shape index (κ3) is 3.74.